The molecular formula is C17H18N2O5. The number of carbonyl (C=O) groups excluding carboxylic acids is 2. The molecule has 0 atom stereocenters. The quantitative estimate of drug-likeness (QED) is 0.784. The number of methoxy groups -OCH3 is 1. The highest BCUT2D eigenvalue weighted by atomic mass is 16.5. The topological polar surface area (TPSA) is 86.8 Å². The lowest BCUT2D eigenvalue weighted by Gasteiger charge is -2.09. The minimum Gasteiger partial charge on any atom is -0.497 e. The Labute approximate surface area is 139 Å². The van der Waals surface area contributed by atoms with E-state index in [1.54, 1.807) is 44.4 Å². The van der Waals surface area contributed by atoms with Crippen LogP contribution in [0.5, 0.6) is 11.6 Å². The average Bonchev–Trinajstić information content (AvgIpc) is 2.61. The molecule has 0 saturated carbocycles. The van der Waals surface area contributed by atoms with E-state index in [0.717, 1.165) is 0 Å². The second-order valence-electron chi connectivity index (χ2n) is 4.64. The summed E-state index contributed by atoms with van der Waals surface area (Å²) >= 11 is 0. The molecule has 1 aromatic heterocycles. The first kappa shape index (κ1) is 17.3. The first-order valence-corrected chi connectivity index (χ1v) is 7.33. The fourth-order valence-electron chi connectivity index (χ4n) is 1.88. The molecule has 1 amide bonds. The molecule has 0 aliphatic rings. The number of hydrogen-bond acceptors (Lipinski definition) is 6. The van der Waals surface area contributed by atoms with Gasteiger partial charge in [0.15, 0.2) is 6.61 Å². The van der Waals surface area contributed by atoms with Crippen molar-refractivity contribution in [2.24, 2.45) is 0 Å². The van der Waals surface area contributed by atoms with Gasteiger partial charge in [-0.3, -0.25) is 4.79 Å². The number of nitrogens with one attached hydrogen (secondary N) is 1. The first-order chi connectivity index (χ1) is 11.6. The van der Waals surface area contributed by atoms with E-state index in [0.29, 0.717) is 18.0 Å². The normalized spacial score (nSPS) is 9.92. The minimum absolute atomic E-state index is 0.177. The van der Waals surface area contributed by atoms with Crippen LogP contribution in [0, 0.1) is 0 Å². The molecule has 126 valence electrons. The Morgan fingerprint density at radius 2 is 1.92 bits per heavy atom. The monoisotopic (exact) mass is 330 g/mol. The van der Waals surface area contributed by atoms with Gasteiger partial charge >= 0.3 is 5.97 Å². The van der Waals surface area contributed by atoms with Crippen LogP contribution >= 0.6 is 0 Å². The maximum atomic E-state index is 12.0. The van der Waals surface area contributed by atoms with Gasteiger partial charge in [0.1, 0.15) is 11.3 Å². The molecule has 1 N–H and O–H groups in total. The highest BCUT2D eigenvalue weighted by Gasteiger charge is 2.16. The van der Waals surface area contributed by atoms with E-state index in [2.05, 4.69) is 10.3 Å². The molecule has 24 heavy (non-hydrogen) atoms. The van der Waals surface area contributed by atoms with Gasteiger partial charge in [0.25, 0.3) is 5.91 Å². The Morgan fingerprint density at radius 1 is 1.17 bits per heavy atom. The van der Waals surface area contributed by atoms with Gasteiger partial charge in [-0.15, -0.1) is 0 Å². The van der Waals surface area contributed by atoms with Gasteiger partial charge in [0, 0.05) is 11.9 Å². The van der Waals surface area contributed by atoms with Crippen LogP contribution in [-0.4, -0.2) is 37.2 Å². The fourth-order valence-corrected chi connectivity index (χ4v) is 1.88. The van der Waals surface area contributed by atoms with Gasteiger partial charge in [-0.25, -0.2) is 9.78 Å². The van der Waals surface area contributed by atoms with Gasteiger partial charge in [-0.1, -0.05) is 0 Å². The standard InChI is InChI=1S/C17H18N2O5/c1-3-23-16-14(5-4-10-18-16)17(21)24-11-15(20)19-12-6-8-13(22-2)9-7-12/h4-10H,3,11H2,1-2H3,(H,19,20). The number of esters is 1. The lowest BCUT2D eigenvalue weighted by molar-refractivity contribution is -0.119. The molecule has 1 heterocycles. The summed E-state index contributed by atoms with van der Waals surface area (Å²) in [7, 11) is 1.56. The van der Waals surface area contributed by atoms with E-state index >= 15 is 0 Å². The van der Waals surface area contributed by atoms with E-state index in [1.807, 2.05) is 0 Å². The number of hydrogen-bond donors (Lipinski definition) is 1. The van der Waals surface area contributed by atoms with Crippen molar-refractivity contribution in [3.63, 3.8) is 0 Å². The third-order valence-corrected chi connectivity index (χ3v) is 2.98. The van der Waals surface area contributed by atoms with Crippen LogP contribution in [0.2, 0.25) is 0 Å². The number of aromatic nitrogens is 1. The third kappa shape index (κ3) is 4.70. The molecule has 0 bridgehead atoms. The molecule has 1 aromatic carbocycles. The van der Waals surface area contributed by atoms with E-state index in [-0.39, 0.29) is 11.4 Å². The second-order valence-corrected chi connectivity index (χ2v) is 4.64. The molecule has 2 rings (SSSR count). The number of nitrogens with zero attached hydrogens (tertiary/aromatic N) is 1. The number of carbonyl (C=O) groups is 2. The van der Waals surface area contributed by atoms with Gasteiger partial charge < -0.3 is 19.5 Å². The van der Waals surface area contributed by atoms with Crippen LogP contribution in [0.15, 0.2) is 42.6 Å². The SMILES string of the molecule is CCOc1ncccc1C(=O)OCC(=O)Nc1ccc(OC)cc1. The second kappa shape index (κ2) is 8.52. The first-order valence-electron chi connectivity index (χ1n) is 7.33. The van der Waals surface area contributed by atoms with Gasteiger partial charge in [-0.2, -0.15) is 0 Å². The van der Waals surface area contributed by atoms with Gasteiger partial charge in [-0.05, 0) is 43.3 Å². The van der Waals surface area contributed by atoms with E-state index in [1.165, 1.54) is 12.3 Å². The van der Waals surface area contributed by atoms with Crippen molar-refractivity contribution >= 4 is 17.6 Å². The molecule has 0 radical (unpaired) electrons. The zero-order chi connectivity index (χ0) is 17.4. The summed E-state index contributed by atoms with van der Waals surface area (Å²) in [5.74, 6) is -0.258. The third-order valence-electron chi connectivity index (χ3n) is 2.98. The molecule has 0 aliphatic heterocycles. The molecule has 7 nitrogen and oxygen atoms in total. The average molecular weight is 330 g/mol. The molecule has 0 saturated heterocycles. The Hall–Kier alpha value is -3.09. The number of pyridine rings is 1. The van der Waals surface area contributed by atoms with E-state index in [4.69, 9.17) is 14.2 Å². The van der Waals surface area contributed by atoms with Crippen LogP contribution in [0.25, 0.3) is 0 Å². The molecular weight excluding hydrogens is 312 g/mol. The predicted octanol–water partition coefficient (Wildman–Crippen LogP) is 2.28. The van der Waals surface area contributed by atoms with Crippen molar-refractivity contribution in [2.45, 2.75) is 6.92 Å². The summed E-state index contributed by atoms with van der Waals surface area (Å²) in [5, 5.41) is 2.62. The fraction of sp³-hybridized carbons (Fsp3) is 0.235. The van der Waals surface area contributed by atoms with E-state index < -0.39 is 18.5 Å². The molecule has 0 unspecified atom stereocenters. The van der Waals surface area contributed by atoms with Crippen LogP contribution < -0.4 is 14.8 Å². The summed E-state index contributed by atoms with van der Waals surface area (Å²) in [6.07, 6.45) is 1.51. The van der Waals surface area contributed by atoms with Crippen molar-refractivity contribution < 1.29 is 23.8 Å². The lowest BCUT2D eigenvalue weighted by Crippen LogP contribution is -2.21. The van der Waals surface area contributed by atoms with Crippen molar-refractivity contribution in [2.75, 3.05) is 25.6 Å². The molecule has 0 fully saturated rings. The van der Waals surface area contributed by atoms with Gasteiger partial charge in [0.05, 0.1) is 13.7 Å². The molecule has 7 heteroatoms. The van der Waals surface area contributed by atoms with Crippen LogP contribution in [0.3, 0.4) is 0 Å². The molecule has 0 aliphatic carbocycles. The zero-order valence-electron chi connectivity index (χ0n) is 13.4. The molecule has 2 aromatic rings. The smallest absolute Gasteiger partial charge is 0.344 e. The van der Waals surface area contributed by atoms with Crippen molar-refractivity contribution in [1.29, 1.82) is 0 Å². The number of rotatable bonds is 7. The Bertz CT molecular complexity index is 700. The number of anilines is 1. The van der Waals surface area contributed by atoms with Crippen LogP contribution in [0.4, 0.5) is 5.69 Å². The summed E-state index contributed by atoms with van der Waals surface area (Å²) < 4.78 is 15.3. The van der Waals surface area contributed by atoms with E-state index in [9.17, 15) is 9.59 Å². The predicted molar refractivity (Wildman–Crippen MR) is 87.3 cm³/mol. The Balaban J connectivity index is 1.90. The largest absolute Gasteiger partial charge is 0.497 e. The van der Waals surface area contributed by atoms with Gasteiger partial charge in [0.2, 0.25) is 5.88 Å². The number of benzene rings is 1. The highest BCUT2D eigenvalue weighted by Crippen LogP contribution is 2.16. The summed E-state index contributed by atoms with van der Waals surface area (Å²) in [4.78, 5) is 27.9. The summed E-state index contributed by atoms with van der Waals surface area (Å²) in [5.41, 5.74) is 0.754. The summed E-state index contributed by atoms with van der Waals surface area (Å²) in [6, 6.07) is 9.93. The Morgan fingerprint density at radius 3 is 2.58 bits per heavy atom. The van der Waals surface area contributed by atoms with Crippen molar-refractivity contribution in [1.82, 2.24) is 4.98 Å². The molecule has 0 spiro atoms. The van der Waals surface area contributed by atoms with Crippen LogP contribution in [-0.2, 0) is 9.53 Å². The maximum Gasteiger partial charge on any atom is 0.344 e. The zero-order valence-corrected chi connectivity index (χ0v) is 13.4. The van der Waals surface area contributed by atoms with Crippen molar-refractivity contribution in [3.8, 4) is 11.6 Å². The maximum absolute atomic E-state index is 12.0. The number of ether oxygens (including phenoxy) is 3. The Kier molecular flexibility index (Phi) is 6.13. The highest BCUT2D eigenvalue weighted by molar-refractivity contribution is 5.96. The number of amides is 1. The lowest BCUT2D eigenvalue weighted by atomic mass is 10.3. The van der Waals surface area contributed by atoms with Crippen molar-refractivity contribution in [3.05, 3.63) is 48.2 Å². The van der Waals surface area contributed by atoms with Crippen LogP contribution in [0.1, 0.15) is 17.3 Å². The minimum atomic E-state index is -0.670. The summed E-state index contributed by atoms with van der Waals surface area (Å²) in [6.45, 7) is 1.74.